The normalized spacial score (nSPS) is 11.5. The van der Waals surface area contributed by atoms with Crippen molar-refractivity contribution in [2.75, 3.05) is 0 Å². The average molecular weight is 287 g/mol. The molecule has 0 saturated carbocycles. The zero-order chi connectivity index (χ0) is 14.0. The minimum atomic E-state index is -4.42. The van der Waals surface area contributed by atoms with Gasteiger partial charge in [-0.3, -0.25) is 0 Å². The molecule has 1 aromatic heterocycles. The molecule has 2 N–H and O–H groups in total. The zero-order valence-corrected chi connectivity index (χ0v) is 10.3. The first-order valence-electron chi connectivity index (χ1n) is 5.15. The summed E-state index contributed by atoms with van der Waals surface area (Å²) < 4.78 is 42.5. The van der Waals surface area contributed by atoms with E-state index in [-0.39, 0.29) is 28.7 Å². The van der Waals surface area contributed by atoms with Crippen molar-refractivity contribution in [1.82, 2.24) is 10.1 Å². The van der Waals surface area contributed by atoms with E-state index in [1.165, 1.54) is 12.1 Å². The topological polar surface area (TPSA) is 64.9 Å². The molecule has 0 atom stereocenters. The van der Waals surface area contributed by atoms with E-state index in [1.807, 2.05) is 0 Å². The number of halogens is 3. The van der Waals surface area contributed by atoms with Gasteiger partial charge in [0.05, 0.1) is 17.0 Å². The molecule has 0 aliphatic rings. The Bertz CT molecular complexity index is 609. The number of benzene rings is 1. The summed E-state index contributed by atoms with van der Waals surface area (Å²) in [4.78, 5) is 4.10. The summed E-state index contributed by atoms with van der Waals surface area (Å²) in [6.07, 6.45) is -4.30. The molecule has 1 aromatic carbocycles. The van der Waals surface area contributed by atoms with Crippen molar-refractivity contribution >= 4 is 17.2 Å². The quantitative estimate of drug-likeness (QED) is 0.879. The van der Waals surface area contributed by atoms with Gasteiger partial charge in [0, 0.05) is 5.56 Å². The van der Waals surface area contributed by atoms with Crippen LogP contribution in [0.5, 0.6) is 0 Å². The summed E-state index contributed by atoms with van der Waals surface area (Å²) in [6.45, 7) is 0. The molecule has 19 heavy (non-hydrogen) atoms. The van der Waals surface area contributed by atoms with Crippen LogP contribution in [0.25, 0.3) is 11.4 Å². The van der Waals surface area contributed by atoms with Crippen LogP contribution >= 0.6 is 12.2 Å². The Labute approximate surface area is 111 Å². The van der Waals surface area contributed by atoms with Gasteiger partial charge in [-0.25, -0.2) is 0 Å². The molecular formula is C11H8F3N3OS. The first kappa shape index (κ1) is 13.5. The number of alkyl halides is 3. The van der Waals surface area contributed by atoms with E-state index in [2.05, 4.69) is 22.4 Å². The molecule has 0 aliphatic heterocycles. The van der Waals surface area contributed by atoms with Gasteiger partial charge in [0.2, 0.25) is 11.7 Å². The Kier molecular flexibility index (Phi) is 3.52. The largest absolute Gasteiger partial charge is 0.416 e. The molecule has 2 rings (SSSR count). The minimum absolute atomic E-state index is 0.0670. The first-order valence-corrected chi connectivity index (χ1v) is 5.55. The predicted molar refractivity (Wildman–Crippen MR) is 65.2 cm³/mol. The van der Waals surface area contributed by atoms with E-state index >= 15 is 0 Å². The summed E-state index contributed by atoms with van der Waals surface area (Å²) >= 11 is 4.67. The van der Waals surface area contributed by atoms with Gasteiger partial charge in [-0.2, -0.15) is 18.2 Å². The lowest BCUT2D eigenvalue weighted by atomic mass is 10.1. The Morgan fingerprint density at radius 3 is 2.74 bits per heavy atom. The molecule has 0 saturated heterocycles. The van der Waals surface area contributed by atoms with E-state index in [1.54, 1.807) is 0 Å². The van der Waals surface area contributed by atoms with Crippen molar-refractivity contribution in [2.24, 2.45) is 5.73 Å². The fourth-order valence-electron chi connectivity index (χ4n) is 1.43. The van der Waals surface area contributed by atoms with E-state index in [4.69, 9.17) is 10.3 Å². The summed E-state index contributed by atoms with van der Waals surface area (Å²) in [5.74, 6) is 0.234. The number of nitrogens with two attached hydrogens (primary N) is 1. The van der Waals surface area contributed by atoms with Crippen molar-refractivity contribution in [3.8, 4) is 11.4 Å². The van der Waals surface area contributed by atoms with Crippen LogP contribution in [0.3, 0.4) is 0 Å². The van der Waals surface area contributed by atoms with E-state index in [0.717, 1.165) is 12.1 Å². The van der Waals surface area contributed by atoms with Gasteiger partial charge in [0.1, 0.15) is 0 Å². The average Bonchev–Trinajstić information content (AvgIpc) is 2.76. The monoisotopic (exact) mass is 287 g/mol. The van der Waals surface area contributed by atoms with Crippen LogP contribution in [-0.2, 0) is 12.6 Å². The molecule has 0 bridgehead atoms. The maximum Gasteiger partial charge on any atom is 0.416 e. The number of aromatic nitrogens is 2. The summed E-state index contributed by atoms with van der Waals surface area (Å²) in [5, 5.41) is 3.59. The Hall–Kier alpha value is -1.96. The highest BCUT2D eigenvalue weighted by molar-refractivity contribution is 7.80. The first-order chi connectivity index (χ1) is 8.86. The number of nitrogens with zero attached hydrogens (tertiary/aromatic N) is 2. The Morgan fingerprint density at radius 2 is 2.11 bits per heavy atom. The molecule has 0 spiro atoms. The van der Waals surface area contributed by atoms with Crippen LogP contribution in [0.15, 0.2) is 28.8 Å². The number of hydrogen-bond acceptors (Lipinski definition) is 4. The summed E-state index contributed by atoms with van der Waals surface area (Å²) in [6, 6.07) is 4.67. The predicted octanol–water partition coefficient (Wildman–Crippen LogP) is 2.58. The van der Waals surface area contributed by atoms with Gasteiger partial charge < -0.3 is 10.3 Å². The Balaban J connectivity index is 2.32. The second kappa shape index (κ2) is 4.96. The van der Waals surface area contributed by atoms with Gasteiger partial charge in [-0.1, -0.05) is 29.5 Å². The highest BCUT2D eigenvalue weighted by Gasteiger charge is 2.30. The third-order valence-corrected chi connectivity index (χ3v) is 2.39. The third kappa shape index (κ3) is 3.28. The number of thiocarbonyl (C=S) groups is 1. The highest BCUT2D eigenvalue weighted by atomic mass is 32.1. The zero-order valence-electron chi connectivity index (χ0n) is 9.44. The second-order valence-electron chi connectivity index (χ2n) is 3.73. The van der Waals surface area contributed by atoms with Gasteiger partial charge in [-0.05, 0) is 12.1 Å². The van der Waals surface area contributed by atoms with Crippen molar-refractivity contribution in [3.63, 3.8) is 0 Å². The highest BCUT2D eigenvalue weighted by Crippen LogP contribution is 2.31. The van der Waals surface area contributed by atoms with Crippen LogP contribution in [0.2, 0.25) is 0 Å². The standard InChI is InChI=1S/C11H8F3N3OS/c12-11(13,14)7-3-1-2-6(4-7)10-16-9(18-17-10)5-8(15)19/h1-4H,5H2,(H2,15,19). The molecular weight excluding hydrogens is 279 g/mol. The van der Waals surface area contributed by atoms with Crippen LogP contribution in [-0.4, -0.2) is 15.1 Å². The van der Waals surface area contributed by atoms with Gasteiger partial charge in [0.25, 0.3) is 0 Å². The van der Waals surface area contributed by atoms with Crippen molar-refractivity contribution in [3.05, 3.63) is 35.7 Å². The molecule has 0 fully saturated rings. The van der Waals surface area contributed by atoms with Crippen LogP contribution in [0.1, 0.15) is 11.5 Å². The molecule has 100 valence electrons. The van der Waals surface area contributed by atoms with E-state index < -0.39 is 11.7 Å². The molecule has 0 amide bonds. The van der Waals surface area contributed by atoms with E-state index in [9.17, 15) is 13.2 Å². The lowest BCUT2D eigenvalue weighted by Crippen LogP contribution is -2.11. The third-order valence-electron chi connectivity index (χ3n) is 2.24. The van der Waals surface area contributed by atoms with Crippen LogP contribution in [0.4, 0.5) is 13.2 Å². The SMILES string of the molecule is NC(=S)Cc1nc(-c2cccc(C(F)(F)F)c2)no1. The van der Waals surface area contributed by atoms with Gasteiger partial charge >= 0.3 is 6.18 Å². The van der Waals surface area contributed by atoms with Crippen molar-refractivity contribution in [1.29, 1.82) is 0 Å². The summed E-state index contributed by atoms with van der Waals surface area (Å²) in [7, 11) is 0. The Morgan fingerprint density at radius 1 is 1.37 bits per heavy atom. The fourth-order valence-corrected chi connectivity index (χ4v) is 1.55. The van der Waals surface area contributed by atoms with Crippen molar-refractivity contribution < 1.29 is 17.7 Å². The molecule has 8 heteroatoms. The molecule has 0 unspecified atom stereocenters. The van der Waals surface area contributed by atoms with E-state index in [0.29, 0.717) is 0 Å². The molecule has 0 radical (unpaired) electrons. The van der Waals surface area contributed by atoms with Gasteiger partial charge in [0.15, 0.2) is 0 Å². The minimum Gasteiger partial charge on any atom is -0.393 e. The molecule has 0 aliphatic carbocycles. The van der Waals surface area contributed by atoms with Gasteiger partial charge in [-0.15, -0.1) is 0 Å². The molecule has 1 heterocycles. The van der Waals surface area contributed by atoms with Crippen molar-refractivity contribution in [2.45, 2.75) is 12.6 Å². The number of hydrogen-bond donors (Lipinski definition) is 1. The molecule has 2 aromatic rings. The lowest BCUT2D eigenvalue weighted by molar-refractivity contribution is -0.137. The lowest BCUT2D eigenvalue weighted by Gasteiger charge is -2.06. The van der Waals surface area contributed by atoms with Crippen LogP contribution in [0, 0.1) is 0 Å². The number of rotatable bonds is 3. The smallest absolute Gasteiger partial charge is 0.393 e. The maximum absolute atomic E-state index is 12.6. The van der Waals surface area contributed by atoms with Crippen LogP contribution < -0.4 is 5.73 Å². The maximum atomic E-state index is 12.6. The molecule has 4 nitrogen and oxygen atoms in total. The second-order valence-corrected chi connectivity index (χ2v) is 4.26. The summed E-state index contributed by atoms with van der Waals surface area (Å²) in [5.41, 5.74) is 4.75. The fraction of sp³-hybridized carbons (Fsp3) is 0.182.